The van der Waals surface area contributed by atoms with Gasteiger partial charge in [0.1, 0.15) is 5.75 Å². The largest absolute Gasteiger partial charge is 0.497 e. The molecule has 178 valence electrons. The lowest BCUT2D eigenvalue weighted by atomic mass is 9.85. The van der Waals surface area contributed by atoms with Crippen LogP contribution in [0.2, 0.25) is 0 Å². The minimum absolute atomic E-state index is 0.0287. The molecule has 0 radical (unpaired) electrons. The molecular formula is C27H31N3O4. The lowest BCUT2D eigenvalue weighted by Gasteiger charge is -2.35. The third-order valence-electron chi connectivity index (χ3n) is 6.42. The second kappa shape index (κ2) is 9.33. The van der Waals surface area contributed by atoms with E-state index in [1.165, 1.54) is 0 Å². The number of carbonyl (C=O) groups is 3. The molecule has 1 saturated heterocycles. The zero-order chi connectivity index (χ0) is 24.5. The van der Waals surface area contributed by atoms with Gasteiger partial charge in [-0.25, -0.2) is 0 Å². The maximum atomic E-state index is 13.1. The average molecular weight is 462 g/mol. The summed E-state index contributed by atoms with van der Waals surface area (Å²) in [5.74, 6) is 0.548. The van der Waals surface area contributed by atoms with Crippen molar-refractivity contribution in [2.45, 2.75) is 32.7 Å². The number of benzene rings is 2. The van der Waals surface area contributed by atoms with Crippen molar-refractivity contribution in [3.05, 3.63) is 70.8 Å². The monoisotopic (exact) mass is 461 g/mol. The summed E-state index contributed by atoms with van der Waals surface area (Å²) in [6, 6.07) is 12.7. The molecule has 2 aliphatic rings. The molecule has 0 saturated carbocycles. The Morgan fingerprint density at radius 2 is 1.56 bits per heavy atom. The Bertz CT molecular complexity index is 1140. The fraction of sp³-hybridized carbons (Fsp3) is 0.370. The summed E-state index contributed by atoms with van der Waals surface area (Å²) >= 11 is 0. The number of carbonyl (C=O) groups excluding carboxylic acids is 3. The highest BCUT2D eigenvalue weighted by atomic mass is 16.5. The topological polar surface area (TPSA) is 79.0 Å². The summed E-state index contributed by atoms with van der Waals surface area (Å²) in [6.07, 6.45) is 2.46. The van der Waals surface area contributed by atoms with Crippen LogP contribution in [0.3, 0.4) is 0 Å². The maximum absolute atomic E-state index is 13.1. The number of methoxy groups -OCH3 is 1. The molecule has 0 spiro atoms. The van der Waals surface area contributed by atoms with Gasteiger partial charge in [-0.1, -0.05) is 18.2 Å². The first-order valence-corrected chi connectivity index (χ1v) is 11.5. The van der Waals surface area contributed by atoms with Gasteiger partial charge in [0.2, 0.25) is 5.91 Å². The van der Waals surface area contributed by atoms with Crippen LogP contribution in [0, 0.1) is 0 Å². The van der Waals surface area contributed by atoms with Gasteiger partial charge in [-0.3, -0.25) is 14.4 Å². The predicted molar refractivity (Wildman–Crippen MR) is 131 cm³/mol. The average Bonchev–Trinajstić information content (AvgIpc) is 2.83. The van der Waals surface area contributed by atoms with Gasteiger partial charge in [-0.2, -0.15) is 0 Å². The minimum Gasteiger partial charge on any atom is -0.497 e. The molecule has 7 nitrogen and oxygen atoms in total. The quantitative estimate of drug-likeness (QED) is 0.559. The number of rotatable bonds is 4. The molecule has 0 bridgehead atoms. The first-order valence-electron chi connectivity index (χ1n) is 11.5. The number of allylic oxidation sites excluding steroid dienone is 1. The molecule has 0 aromatic heterocycles. The fourth-order valence-electron chi connectivity index (χ4n) is 4.55. The van der Waals surface area contributed by atoms with Crippen LogP contribution in [0.1, 0.15) is 52.6 Å². The van der Waals surface area contributed by atoms with Crippen molar-refractivity contribution in [3.63, 3.8) is 0 Å². The third-order valence-corrected chi connectivity index (χ3v) is 6.42. The van der Waals surface area contributed by atoms with E-state index < -0.39 is 0 Å². The number of fused-ring (bicyclic) bond motifs is 1. The standard InChI is InChI=1S/C27H31N3O4/c1-18(31)29-11-13-30(14-12-29)26(33)20-7-5-19(6-8-20)25(32)16-24-23-15-22(34-4)10-9-21(23)17-27(2,3)28-24/h5-10,15-16,28H,11-14,17H2,1-4H3. The summed E-state index contributed by atoms with van der Waals surface area (Å²) in [4.78, 5) is 40.9. The molecule has 0 unspecified atom stereocenters. The van der Waals surface area contributed by atoms with Crippen LogP contribution in [0.25, 0.3) is 5.70 Å². The summed E-state index contributed by atoms with van der Waals surface area (Å²) in [7, 11) is 1.63. The molecule has 2 aromatic carbocycles. The van der Waals surface area contributed by atoms with Crippen molar-refractivity contribution in [2.24, 2.45) is 0 Å². The molecule has 2 amide bonds. The number of amides is 2. The Morgan fingerprint density at radius 3 is 2.18 bits per heavy atom. The summed E-state index contributed by atoms with van der Waals surface area (Å²) in [5.41, 5.74) is 3.75. The van der Waals surface area contributed by atoms with Crippen LogP contribution in [-0.2, 0) is 11.2 Å². The predicted octanol–water partition coefficient (Wildman–Crippen LogP) is 3.15. The van der Waals surface area contributed by atoms with Crippen molar-refractivity contribution in [3.8, 4) is 5.75 Å². The van der Waals surface area contributed by atoms with E-state index in [0.29, 0.717) is 37.3 Å². The number of nitrogens with zero attached hydrogens (tertiary/aromatic N) is 2. The van der Waals surface area contributed by atoms with Gasteiger partial charge in [0.15, 0.2) is 5.78 Å². The first kappa shape index (κ1) is 23.5. The Balaban J connectivity index is 1.51. The molecule has 34 heavy (non-hydrogen) atoms. The highest BCUT2D eigenvalue weighted by Crippen LogP contribution is 2.32. The summed E-state index contributed by atoms with van der Waals surface area (Å²) in [6.45, 7) is 7.86. The highest BCUT2D eigenvalue weighted by molar-refractivity contribution is 6.09. The summed E-state index contributed by atoms with van der Waals surface area (Å²) in [5, 5.41) is 3.48. The molecule has 0 aliphatic carbocycles. The maximum Gasteiger partial charge on any atom is 0.253 e. The molecule has 1 N–H and O–H groups in total. The molecule has 2 aliphatic heterocycles. The van der Waals surface area contributed by atoms with Crippen LogP contribution in [0.5, 0.6) is 5.75 Å². The Morgan fingerprint density at radius 1 is 0.941 bits per heavy atom. The van der Waals surface area contributed by atoms with Gasteiger partial charge in [-0.15, -0.1) is 0 Å². The molecule has 4 rings (SSSR count). The van der Waals surface area contributed by atoms with Crippen molar-refractivity contribution in [2.75, 3.05) is 33.3 Å². The van der Waals surface area contributed by atoms with Crippen LogP contribution < -0.4 is 10.1 Å². The van der Waals surface area contributed by atoms with E-state index in [0.717, 1.165) is 29.0 Å². The SMILES string of the molecule is COc1ccc2c(c1)C(=CC(=O)c1ccc(C(=O)N3CCN(C(C)=O)CC3)cc1)NC(C)(C)C2. The fourth-order valence-corrected chi connectivity index (χ4v) is 4.55. The van der Waals surface area contributed by atoms with Gasteiger partial charge in [0, 0.05) is 67.1 Å². The van der Waals surface area contributed by atoms with E-state index >= 15 is 0 Å². The molecule has 1 fully saturated rings. The zero-order valence-corrected chi connectivity index (χ0v) is 20.2. The van der Waals surface area contributed by atoms with Gasteiger partial charge >= 0.3 is 0 Å². The third kappa shape index (κ3) is 4.98. The molecule has 2 heterocycles. The van der Waals surface area contributed by atoms with Crippen LogP contribution in [0.4, 0.5) is 0 Å². The number of ketones is 1. The van der Waals surface area contributed by atoms with Gasteiger partial charge < -0.3 is 19.9 Å². The Hall–Kier alpha value is -3.61. The second-order valence-electron chi connectivity index (χ2n) is 9.51. The van der Waals surface area contributed by atoms with Crippen molar-refractivity contribution in [1.29, 1.82) is 0 Å². The van der Waals surface area contributed by atoms with Crippen LogP contribution in [-0.4, -0.2) is 66.2 Å². The normalized spacial score (nSPS) is 18.2. The van der Waals surface area contributed by atoms with E-state index in [9.17, 15) is 14.4 Å². The number of hydrogen-bond donors (Lipinski definition) is 1. The van der Waals surface area contributed by atoms with Crippen molar-refractivity contribution >= 4 is 23.3 Å². The number of ether oxygens (including phenoxy) is 1. The Kier molecular flexibility index (Phi) is 6.46. The summed E-state index contributed by atoms with van der Waals surface area (Å²) < 4.78 is 5.38. The zero-order valence-electron chi connectivity index (χ0n) is 20.2. The first-order chi connectivity index (χ1) is 16.2. The molecule has 2 aromatic rings. The van der Waals surface area contributed by atoms with Crippen LogP contribution in [0.15, 0.2) is 48.5 Å². The van der Waals surface area contributed by atoms with Crippen LogP contribution >= 0.6 is 0 Å². The van der Waals surface area contributed by atoms with Crippen molar-refractivity contribution in [1.82, 2.24) is 15.1 Å². The lowest BCUT2D eigenvalue weighted by molar-refractivity contribution is -0.130. The highest BCUT2D eigenvalue weighted by Gasteiger charge is 2.28. The van der Waals surface area contributed by atoms with Gasteiger partial charge in [0.25, 0.3) is 5.91 Å². The molecule has 0 atom stereocenters. The minimum atomic E-state index is -0.184. The Labute approximate surface area is 200 Å². The second-order valence-corrected chi connectivity index (χ2v) is 9.51. The molecular weight excluding hydrogens is 430 g/mol. The lowest BCUT2D eigenvalue weighted by Crippen LogP contribution is -2.50. The van der Waals surface area contributed by atoms with E-state index in [4.69, 9.17) is 4.74 Å². The van der Waals surface area contributed by atoms with E-state index in [2.05, 4.69) is 19.2 Å². The number of nitrogens with one attached hydrogen (secondary N) is 1. The van der Waals surface area contributed by atoms with Gasteiger partial charge in [-0.05, 0) is 50.1 Å². The smallest absolute Gasteiger partial charge is 0.253 e. The van der Waals surface area contributed by atoms with Crippen molar-refractivity contribution < 1.29 is 19.1 Å². The van der Waals surface area contributed by atoms with Gasteiger partial charge in [0.05, 0.1) is 7.11 Å². The van der Waals surface area contributed by atoms with E-state index in [1.807, 2.05) is 18.2 Å². The number of hydrogen-bond acceptors (Lipinski definition) is 5. The molecule has 7 heteroatoms. The van der Waals surface area contributed by atoms with E-state index in [1.54, 1.807) is 54.2 Å². The number of piperazine rings is 1. The van der Waals surface area contributed by atoms with E-state index in [-0.39, 0.29) is 23.1 Å².